The molecule has 1 saturated heterocycles. The van der Waals surface area contributed by atoms with Crippen molar-refractivity contribution < 1.29 is 14.3 Å². The van der Waals surface area contributed by atoms with Crippen LogP contribution in [0.5, 0.6) is 0 Å². The number of nitrogens with zero attached hydrogens (tertiary/aromatic N) is 3. The van der Waals surface area contributed by atoms with Gasteiger partial charge in [0.15, 0.2) is 0 Å². The number of aryl methyl sites for hydroxylation is 2. The molecule has 3 aromatic rings. The Labute approximate surface area is 191 Å². The molecular weight excluding hydrogens is 422 g/mol. The second kappa shape index (κ2) is 9.84. The third-order valence-electron chi connectivity index (χ3n) is 5.79. The molecule has 2 N–H and O–H groups in total. The van der Waals surface area contributed by atoms with Crippen molar-refractivity contribution >= 4 is 22.6 Å². The van der Waals surface area contributed by atoms with Gasteiger partial charge in [0.05, 0.1) is 23.2 Å². The summed E-state index contributed by atoms with van der Waals surface area (Å²) >= 11 is 0. The number of aromatic nitrogens is 3. The fourth-order valence-electron chi connectivity index (χ4n) is 4.08. The van der Waals surface area contributed by atoms with E-state index in [0.29, 0.717) is 49.4 Å². The van der Waals surface area contributed by atoms with Crippen LogP contribution in [0.3, 0.4) is 0 Å². The van der Waals surface area contributed by atoms with E-state index in [0.717, 1.165) is 18.4 Å². The molecule has 1 fully saturated rings. The highest BCUT2D eigenvalue weighted by atomic mass is 16.5. The number of hydrogen-bond acceptors (Lipinski definition) is 6. The van der Waals surface area contributed by atoms with Crippen molar-refractivity contribution in [2.45, 2.75) is 58.8 Å². The third kappa shape index (κ3) is 4.99. The first-order chi connectivity index (χ1) is 15.8. The molecule has 0 bridgehead atoms. The average molecular weight is 454 g/mol. The van der Waals surface area contributed by atoms with Crippen LogP contribution in [0.4, 0.5) is 0 Å². The quantitative estimate of drug-likeness (QED) is 0.401. The topological polar surface area (TPSA) is 111 Å². The van der Waals surface area contributed by atoms with Crippen LogP contribution in [-0.4, -0.2) is 51.8 Å². The molecule has 0 aromatic carbocycles. The minimum Gasteiger partial charge on any atom is -0.379 e. The number of rotatable bonds is 8. The third-order valence-corrected chi connectivity index (χ3v) is 5.79. The molecule has 33 heavy (non-hydrogen) atoms. The molecule has 1 aliphatic rings. The molecule has 1 atom stereocenters. The first-order valence-corrected chi connectivity index (χ1v) is 11.5. The summed E-state index contributed by atoms with van der Waals surface area (Å²) < 4.78 is 14.4. The van der Waals surface area contributed by atoms with Crippen LogP contribution < -0.4 is 16.4 Å². The van der Waals surface area contributed by atoms with Crippen LogP contribution >= 0.6 is 0 Å². The smallest absolute Gasteiger partial charge is 0.267 e. The molecule has 0 aliphatic carbocycles. The zero-order chi connectivity index (χ0) is 23.5. The molecule has 1 aliphatic heterocycles. The van der Waals surface area contributed by atoms with Gasteiger partial charge in [-0.05, 0) is 57.7 Å². The minimum atomic E-state index is -0.390. The minimum absolute atomic E-state index is 0.0110. The van der Waals surface area contributed by atoms with Crippen LogP contribution in [0.25, 0.3) is 16.7 Å². The summed E-state index contributed by atoms with van der Waals surface area (Å²) in [6.07, 6.45) is 4.33. The molecule has 4 rings (SSSR count). The lowest BCUT2D eigenvalue weighted by atomic mass is 10.1. The van der Waals surface area contributed by atoms with Crippen molar-refractivity contribution in [2.75, 3.05) is 19.8 Å². The summed E-state index contributed by atoms with van der Waals surface area (Å²) in [5.74, 6) is -0.390. The second-order valence-corrected chi connectivity index (χ2v) is 8.77. The molecule has 176 valence electrons. The van der Waals surface area contributed by atoms with Crippen molar-refractivity contribution in [3.63, 3.8) is 0 Å². The largest absolute Gasteiger partial charge is 0.379 e. The molecule has 1 amide bonds. The maximum atomic E-state index is 13.3. The predicted octanol–water partition coefficient (Wildman–Crippen LogP) is 2.16. The molecule has 4 heterocycles. The lowest BCUT2D eigenvalue weighted by molar-refractivity contribution is 0.0748. The van der Waals surface area contributed by atoms with Crippen LogP contribution in [0.1, 0.15) is 49.0 Å². The van der Waals surface area contributed by atoms with Crippen LogP contribution in [0.15, 0.2) is 29.2 Å². The monoisotopic (exact) mass is 453 g/mol. The summed E-state index contributed by atoms with van der Waals surface area (Å²) in [5.41, 5.74) is 1.74. The van der Waals surface area contributed by atoms with Gasteiger partial charge in [-0.15, -0.1) is 0 Å². The number of pyridine rings is 2. The van der Waals surface area contributed by atoms with E-state index in [9.17, 15) is 9.59 Å². The van der Waals surface area contributed by atoms with Gasteiger partial charge in [-0.3, -0.25) is 19.4 Å². The van der Waals surface area contributed by atoms with Gasteiger partial charge in [-0.2, -0.15) is 0 Å². The lowest BCUT2D eigenvalue weighted by Gasteiger charge is -2.16. The van der Waals surface area contributed by atoms with Crippen molar-refractivity contribution in [3.8, 4) is 0 Å². The Bertz CT molecular complexity index is 1290. The average Bonchev–Trinajstić information content (AvgIpc) is 3.30. The number of amides is 1. The summed E-state index contributed by atoms with van der Waals surface area (Å²) in [6, 6.07) is 5.17. The van der Waals surface area contributed by atoms with E-state index < -0.39 is 5.91 Å². The Hall–Kier alpha value is -3.04. The second-order valence-electron chi connectivity index (χ2n) is 8.77. The van der Waals surface area contributed by atoms with Crippen molar-refractivity contribution in [1.82, 2.24) is 19.3 Å². The maximum Gasteiger partial charge on any atom is 0.267 e. The predicted molar refractivity (Wildman–Crippen MR) is 125 cm³/mol. The van der Waals surface area contributed by atoms with Gasteiger partial charge < -0.3 is 19.4 Å². The standard InChI is InChI=1S/C24H31N5O4/c1-15(2)32-11-5-9-28-21(25)18(23(30)26-13-17-6-4-10-33-17)12-19-22(28)27-20-8-7-16(3)14-29(20)24(19)31/h7-8,12,14-15,17,25H,4-6,9-11,13H2,1-3H3,(H,26,30)/t17-/m0/s1. The summed E-state index contributed by atoms with van der Waals surface area (Å²) in [6.45, 7) is 7.83. The van der Waals surface area contributed by atoms with Gasteiger partial charge in [0.25, 0.3) is 11.5 Å². The summed E-state index contributed by atoms with van der Waals surface area (Å²) in [5, 5.41) is 11.9. The van der Waals surface area contributed by atoms with Crippen LogP contribution in [0, 0.1) is 12.3 Å². The fourth-order valence-corrected chi connectivity index (χ4v) is 4.08. The van der Waals surface area contributed by atoms with Gasteiger partial charge in [-0.1, -0.05) is 6.07 Å². The van der Waals surface area contributed by atoms with E-state index in [-0.39, 0.29) is 28.8 Å². The molecule has 0 unspecified atom stereocenters. The highest BCUT2D eigenvalue weighted by Crippen LogP contribution is 2.13. The number of carbonyl (C=O) groups excluding carboxylic acids is 1. The van der Waals surface area contributed by atoms with E-state index in [2.05, 4.69) is 10.3 Å². The van der Waals surface area contributed by atoms with Crippen LogP contribution in [0.2, 0.25) is 0 Å². The van der Waals surface area contributed by atoms with Crippen LogP contribution in [-0.2, 0) is 16.0 Å². The Morgan fingerprint density at radius 2 is 2.21 bits per heavy atom. The first-order valence-electron chi connectivity index (χ1n) is 11.5. The van der Waals surface area contributed by atoms with E-state index in [4.69, 9.17) is 14.9 Å². The van der Waals surface area contributed by atoms with Crippen molar-refractivity contribution in [1.29, 1.82) is 5.41 Å². The highest BCUT2D eigenvalue weighted by Gasteiger charge is 2.20. The molecular formula is C24H31N5O4. The number of ether oxygens (including phenoxy) is 2. The SMILES string of the molecule is Cc1ccc2nc3c(cc(C(=O)NC[C@@H]4CCCO4)c(=N)n3CCCOC(C)C)c(=O)n2c1. The highest BCUT2D eigenvalue weighted by molar-refractivity contribution is 5.96. The fraction of sp³-hybridized carbons (Fsp3) is 0.500. The Morgan fingerprint density at radius 1 is 1.39 bits per heavy atom. The van der Waals surface area contributed by atoms with Gasteiger partial charge in [-0.25, -0.2) is 4.98 Å². The maximum absolute atomic E-state index is 13.3. The van der Waals surface area contributed by atoms with Gasteiger partial charge >= 0.3 is 0 Å². The summed E-state index contributed by atoms with van der Waals surface area (Å²) in [7, 11) is 0. The van der Waals surface area contributed by atoms with E-state index in [1.54, 1.807) is 16.8 Å². The number of nitrogens with one attached hydrogen (secondary N) is 2. The molecule has 0 radical (unpaired) electrons. The number of carbonyl (C=O) groups is 1. The Kier molecular flexibility index (Phi) is 6.90. The van der Waals surface area contributed by atoms with Crippen molar-refractivity contribution in [3.05, 3.63) is 51.4 Å². The van der Waals surface area contributed by atoms with Gasteiger partial charge in [0.2, 0.25) is 0 Å². The zero-order valence-electron chi connectivity index (χ0n) is 19.4. The van der Waals surface area contributed by atoms with E-state index >= 15 is 0 Å². The van der Waals surface area contributed by atoms with Gasteiger partial charge in [0, 0.05) is 32.5 Å². The molecule has 9 nitrogen and oxygen atoms in total. The normalized spacial score (nSPS) is 16.2. The van der Waals surface area contributed by atoms with Crippen molar-refractivity contribution in [2.24, 2.45) is 0 Å². The summed E-state index contributed by atoms with van der Waals surface area (Å²) in [4.78, 5) is 31.0. The first kappa shape index (κ1) is 23.1. The Balaban J connectivity index is 1.78. The van der Waals surface area contributed by atoms with E-state index in [1.165, 1.54) is 10.5 Å². The number of fused-ring (bicyclic) bond motifs is 2. The zero-order valence-corrected chi connectivity index (χ0v) is 19.4. The molecule has 3 aromatic heterocycles. The molecule has 0 saturated carbocycles. The lowest BCUT2D eigenvalue weighted by Crippen LogP contribution is -2.38. The number of hydrogen-bond donors (Lipinski definition) is 2. The molecule has 0 spiro atoms. The van der Waals surface area contributed by atoms with E-state index in [1.807, 2.05) is 26.8 Å². The Morgan fingerprint density at radius 3 is 2.94 bits per heavy atom. The van der Waals surface area contributed by atoms with Gasteiger partial charge in [0.1, 0.15) is 16.8 Å². The molecule has 9 heteroatoms.